The summed E-state index contributed by atoms with van der Waals surface area (Å²) in [7, 11) is -8.75. The molecule has 2 N–H and O–H groups in total. The third-order valence-corrected chi connectivity index (χ3v) is 15.8. The number of carbonyl (C=O) groups is 3. The van der Waals surface area contributed by atoms with Gasteiger partial charge in [-0.05, 0) is 82.2 Å². The Morgan fingerprint density at radius 2 is 1.58 bits per heavy atom. The molecule has 1 fully saturated rings. The van der Waals surface area contributed by atoms with Crippen molar-refractivity contribution in [3.05, 3.63) is 93.0 Å². The number of amides is 2. The van der Waals surface area contributed by atoms with Crippen molar-refractivity contribution in [2.45, 2.75) is 101 Å². The lowest BCUT2D eigenvalue weighted by atomic mass is 9.93. The number of hydrogen-bond acceptors (Lipinski definition) is 11. The number of pyridine rings is 1. The van der Waals surface area contributed by atoms with E-state index in [0.717, 1.165) is 37.4 Å². The van der Waals surface area contributed by atoms with Crippen LogP contribution in [0.15, 0.2) is 42.5 Å². The number of carboxylic acids is 1. The second-order valence-corrected chi connectivity index (χ2v) is 22.9. The molecule has 390 valence electrons. The van der Waals surface area contributed by atoms with E-state index in [0.29, 0.717) is 12.3 Å². The molecular weight excluding hydrogens is 1050 g/mol. The normalized spacial score (nSPS) is 17.6. The maximum atomic E-state index is 15.6. The molecular formula is C43H40ClF10N7O9S2. The van der Waals surface area contributed by atoms with Gasteiger partial charge in [-0.15, -0.1) is 0 Å². The van der Waals surface area contributed by atoms with Gasteiger partial charge >= 0.3 is 24.4 Å². The van der Waals surface area contributed by atoms with Crippen LogP contribution in [0.3, 0.4) is 0 Å². The van der Waals surface area contributed by atoms with Gasteiger partial charge in [0.05, 0.1) is 38.7 Å². The van der Waals surface area contributed by atoms with E-state index in [1.807, 2.05) is 0 Å². The lowest BCUT2D eigenvalue weighted by Gasteiger charge is -2.25. The number of anilines is 1. The second kappa shape index (κ2) is 18.5. The molecule has 29 heteroatoms. The standard InChI is InChI=1S/C43H40ClF10N7O9S2/c1-19(38(63)64)70-39(65)61(72(5,68)69)37-32-28(44)9-8-25(34(32)60(58-37)18-41(47,48)49)24-7-6-23(10-11-40(2,3)71(4,66)67)55-33(24)29(14-20-12-21(45)15-22(46)13-20)56-30(62)17-59-36-31(35(57-59)43(52,53)54)26-16-27(26)42(36,50)51/h6-9,12-13,15,19,26-27,29H,10-11,14,16-18H2,1-5H3,(H,56,62)(H,63,64)/t19-,26-,27?,29-/m0/s1. The van der Waals surface area contributed by atoms with Crippen LogP contribution in [-0.4, -0.2) is 94.0 Å². The van der Waals surface area contributed by atoms with E-state index in [2.05, 4.69) is 20.5 Å². The van der Waals surface area contributed by atoms with Gasteiger partial charge in [-0.2, -0.15) is 49.6 Å². The van der Waals surface area contributed by atoms with E-state index in [-0.39, 0.29) is 49.8 Å². The van der Waals surface area contributed by atoms with E-state index in [1.165, 1.54) is 26.0 Å². The molecule has 3 heterocycles. The van der Waals surface area contributed by atoms with Crippen molar-refractivity contribution in [3.8, 4) is 11.1 Å². The van der Waals surface area contributed by atoms with Crippen molar-refractivity contribution in [2.75, 3.05) is 16.8 Å². The maximum Gasteiger partial charge on any atom is 0.435 e. The van der Waals surface area contributed by atoms with Crippen molar-refractivity contribution < 1.29 is 85.0 Å². The van der Waals surface area contributed by atoms with Gasteiger partial charge < -0.3 is 15.2 Å². The Bertz CT molecular complexity index is 3250. The monoisotopic (exact) mass is 1090 g/mol. The predicted molar refractivity (Wildman–Crippen MR) is 235 cm³/mol. The number of nitrogens with zero attached hydrogens (tertiary/aromatic N) is 6. The van der Waals surface area contributed by atoms with Gasteiger partial charge in [-0.25, -0.2) is 35.2 Å². The van der Waals surface area contributed by atoms with E-state index < -0.39 is 166 Å². The number of fused-ring (bicyclic) bond motifs is 4. The molecule has 72 heavy (non-hydrogen) atoms. The zero-order chi connectivity index (χ0) is 53.6. The molecule has 5 aromatic rings. The fourth-order valence-electron chi connectivity index (χ4n) is 8.45. The molecule has 2 aromatic carbocycles. The summed E-state index contributed by atoms with van der Waals surface area (Å²) in [5.74, 6) is -13.1. The number of benzene rings is 2. The van der Waals surface area contributed by atoms with Crippen LogP contribution in [0.4, 0.5) is 54.5 Å². The quantitative estimate of drug-likeness (QED) is 0.0895. The van der Waals surface area contributed by atoms with Crippen molar-refractivity contribution in [3.63, 3.8) is 0 Å². The van der Waals surface area contributed by atoms with Gasteiger partial charge in [0.1, 0.15) is 30.4 Å². The summed E-state index contributed by atoms with van der Waals surface area (Å²) < 4.78 is 202. The molecule has 7 rings (SSSR count). The summed E-state index contributed by atoms with van der Waals surface area (Å²) in [6.45, 7) is 0.260. The van der Waals surface area contributed by atoms with E-state index in [4.69, 9.17) is 16.3 Å². The van der Waals surface area contributed by atoms with Gasteiger partial charge in [-0.1, -0.05) is 23.7 Å². The van der Waals surface area contributed by atoms with Crippen LogP contribution >= 0.6 is 11.6 Å². The molecule has 2 aliphatic carbocycles. The van der Waals surface area contributed by atoms with Crippen molar-refractivity contribution in [1.82, 2.24) is 29.9 Å². The van der Waals surface area contributed by atoms with Gasteiger partial charge in [0.25, 0.3) is 5.92 Å². The number of aryl methyl sites for hydroxylation is 1. The first kappa shape index (κ1) is 53.8. The largest absolute Gasteiger partial charge is 0.479 e. The SMILES string of the molecule is C[C@H](OC(=O)N(c1nn(CC(F)(F)F)c2c(-c3ccc(CCC(C)(C)S(C)(=O)=O)nc3[C@H](Cc3cc(F)cc(F)c3)NC(=O)Cn3nc(C(F)(F)F)c4c3C(F)(F)C3C[C@H]43)ccc(Cl)c12)S(C)(=O)=O)C(=O)O. The number of halogens is 11. The van der Waals surface area contributed by atoms with Crippen LogP contribution in [0.2, 0.25) is 5.02 Å². The number of sulfone groups is 1. The zero-order valence-electron chi connectivity index (χ0n) is 38.0. The first-order valence-corrected chi connectivity index (χ1v) is 25.3. The molecule has 0 saturated heterocycles. The minimum absolute atomic E-state index is 0.0157. The van der Waals surface area contributed by atoms with Crippen LogP contribution < -0.4 is 9.62 Å². The van der Waals surface area contributed by atoms with Crippen molar-refractivity contribution >= 4 is 66.2 Å². The fraction of sp³-hybridized carbons (Fsp3) is 0.442. The van der Waals surface area contributed by atoms with E-state index in [1.54, 1.807) is 0 Å². The smallest absolute Gasteiger partial charge is 0.435 e. The highest BCUT2D eigenvalue weighted by Crippen LogP contribution is 2.68. The molecule has 0 radical (unpaired) electrons. The number of rotatable bonds is 16. The highest BCUT2D eigenvalue weighted by atomic mass is 35.5. The van der Waals surface area contributed by atoms with Crippen LogP contribution in [0.25, 0.3) is 22.0 Å². The van der Waals surface area contributed by atoms with E-state index in [9.17, 15) is 71.4 Å². The molecule has 2 amide bonds. The summed E-state index contributed by atoms with van der Waals surface area (Å²) in [6, 6.07) is 4.87. The Balaban J connectivity index is 1.47. The van der Waals surface area contributed by atoms with Gasteiger partial charge in [-0.3, -0.25) is 19.1 Å². The van der Waals surface area contributed by atoms with Crippen LogP contribution in [-0.2, 0) is 72.2 Å². The highest BCUT2D eigenvalue weighted by molar-refractivity contribution is 7.92. The second-order valence-electron chi connectivity index (χ2n) is 18.0. The molecule has 3 aromatic heterocycles. The Kier molecular flexibility index (Phi) is 13.8. The van der Waals surface area contributed by atoms with Crippen LogP contribution in [0.5, 0.6) is 0 Å². The summed E-state index contributed by atoms with van der Waals surface area (Å²) >= 11 is 6.57. The van der Waals surface area contributed by atoms with Gasteiger partial charge in [0.15, 0.2) is 27.5 Å². The lowest BCUT2D eigenvalue weighted by Crippen LogP contribution is -2.40. The molecule has 0 aliphatic heterocycles. The Morgan fingerprint density at radius 3 is 2.15 bits per heavy atom. The van der Waals surface area contributed by atoms with Crippen LogP contribution in [0, 0.1) is 17.6 Å². The zero-order valence-corrected chi connectivity index (χ0v) is 40.4. The number of hydrogen-bond donors (Lipinski definition) is 2. The fourth-order valence-corrected chi connectivity index (χ4v) is 9.91. The number of carboxylic acid groups (broad SMARTS) is 1. The Hall–Kier alpha value is -6.03. The molecule has 1 saturated carbocycles. The average Bonchev–Trinajstić information content (AvgIpc) is 3.74. The third-order valence-electron chi connectivity index (χ3n) is 12.2. The third kappa shape index (κ3) is 10.7. The summed E-state index contributed by atoms with van der Waals surface area (Å²) in [6.07, 6.45) is -14.3. The first-order chi connectivity index (χ1) is 33.0. The number of aliphatic carboxylic acids is 1. The highest BCUT2D eigenvalue weighted by Gasteiger charge is 2.68. The molecule has 1 unspecified atom stereocenters. The number of ether oxygens (including phenoxy) is 1. The minimum atomic E-state index is -5.23. The minimum Gasteiger partial charge on any atom is -0.479 e. The number of sulfonamides is 1. The van der Waals surface area contributed by atoms with Crippen molar-refractivity contribution in [1.29, 1.82) is 0 Å². The number of alkyl halides is 8. The Morgan fingerprint density at radius 1 is 0.958 bits per heavy atom. The van der Waals surface area contributed by atoms with E-state index >= 15 is 8.78 Å². The number of aromatic nitrogens is 5. The van der Waals surface area contributed by atoms with Crippen molar-refractivity contribution in [2.24, 2.45) is 5.92 Å². The van der Waals surface area contributed by atoms with Gasteiger partial charge in [0, 0.05) is 40.6 Å². The summed E-state index contributed by atoms with van der Waals surface area (Å²) in [5, 5.41) is 17.7. The average molecular weight is 1090 g/mol. The molecule has 0 bridgehead atoms. The summed E-state index contributed by atoms with van der Waals surface area (Å²) in [4.78, 5) is 43.8. The first-order valence-electron chi connectivity index (χ1n) is 21.2. The lowest BCUT2D eigenvalue weighted by molar-refractivity contribution is -0.145. The summed E-state index contributed by atoms with van der Waals surface area (Å²) in [5.41, 5.74) is -5.65. The number of nitrogens with one attached hydrogen (secondary N) is 1. The predicted octanol–water partition coefficient (Wildman–Crippen LogP) is 8.25. The number of carbonyl (C=O) groups excluding carboxylic acids is 2. The topological polar surface area (TPSA) is 213 Å². The van der Waals surface area contributed by atoms with Crippen LogP contribution in [0.1, 0.15) is 79.5 Å². The Labute approximate surface area is 407 Å². The van der Waals surface area contributed by atoms with Gasteiger partial charge in [0.2, 0.25) is 15.9 Å². The molecule has 16 nitrogen and oxygen atoms in total. The molecule has 4 atom stereocenters. The molecule has 0 spiro atoms. The maximum absolute atomic E-state index is 15.6. The molecule has 2 aliphatic rings.